The molecule has 1 saturated heterocycles. The van der Waals surface area contributed by atoms with Crippen molar-refractivity contribution in [2.24, 2.45) is 0 Å². The van der Waals surface area contributed by atoms with Gasteiger partial charge in [-0.3, -0.25) is 4.90 Å². The second-order valence-electron chi connectivity index (χ2n) is 4.28. The molecule has 0 saturated carbocycles. The molecular weight excluding hydrogens is 252 g/mol. The molecule has 0 aliphatic carbocycles. The number of hydrogen-bond donors (Lipinski definition) is 0. The fraction of sp³-hybridized carbons (Fsp3) is 0.462. The Hall–Kier alpha value is -1.10. The fourth-order valence-electron chi connectivity index (χ4n) is 1.84. The highest BCUT2D eigenvalue weighted by atomic mass is 35.5. The van der Waals surface area contributed by atoms with Gasteiger partial charge in [-0.2, -0.15) is 0 Å². The minimum atomic E-state index is 0.475. The van der Waals surface area contributed by atoms with E-state index in [0.717, 1.165) is 43.2 Å². The minimum absolute atomic E-state index is 0.475. The zero-order valence-electron chi connectivity index (χ0n) is 10.2. The number of rotatable bonds is 4. The molecule has 18 heavy (non-hydrogen) atoms. The zero-order valence-corrected chi connectivity index (χ0v) is 11.0. The molecular formula is C13H17ClN2O2. The Morgan fingerprint density at radius 1 is 1.28 bits per heavy atom. The average molecular weight is 269 g/mol. The van der Waals surface area contributed by atoms with Crippen LogP contribution in [0.25, 0.3) is 0 Å². The molecule has 1 heterocycles. The van der Waals surface area contributed by atoms with Crippen LogP contribution in [-0.2, 0) is 4.74 Å². The Labute approximate surface area is 112 Å². The van der Waals surface area contributed by atoms with Gasteiger partial charge in [0.05, 0.1) is 19.8 Å². The highest BCUT2D eigenvalue weighted by Crippen LogP contribution is 2.07. The molecule has 0 N–H and O–H groups in total. The summed E-state index contributed by atoms with van der Waals surface area (Å²) in [5, 5.41) is 12.4. The van der Waals surface area contributed by atoms with Gasteiger partial charge in [0.2, 0.25) is 0 Å². The van der Waals surface area contributed by atoms with Gasteiger partial charge in [-0.1, -0.05) is 11.6 Å². The maximum absolute atomic E-state index is 11.7. The standard InChI is InChI=1S/C13H17ClN2O2/c14-13-3-1-12(2-4-13)11-16(17)6-5-15-7-9-18-10-8-15/h1-4,11H,5-10H2. The molecule has 0 amide bonds. The minimum Gasteiger partial charge on any atom is -0.624 e. The summed E-state index contributed by atoms with van der Waals surface area (Å²) in [6, 6.07) is 7.23. The molecule has 0 spiro atoms. The van der Waals surface area contributed by atoms with Crippen LogP contribution < -0.4 is 0 Å². The number of halogens is 1. The Morgan fingerprint density at radius 3 is 2.61 bits per heavy atom. The lowest BCUT2D eigenvalue weighted by atomic mass is 10.2. The van der Waals surface area contributed by atoms with E-state index in [1.807, 2.05) is 12.1 Å². The molecule has 98 valence electrons. The van der Waals surface area contributed by atoms with E-state index < -0.39 is 0 Å². The van der Waals surface area contributed by atoms with Gasteiger partial charge < -0.3 is 9.94 Å². The largest absolute Gasteiger partial charge is 0.624 e. The molecule has 1 aromatic rings. The van der Waals surface area contributed by atoms with Crippen LogP contribution in [0.4, 0.5) is 0 Å². The lowest BCUT2D eigenvalue weighted by Gasteiger charge is -2.25. The van der Waals surface area contributed by atoms with Crippen molar-refractivity contribution in [3.63, 3.8) is 0 Å². The number of hydrogen-bond acceptors (Lipinski definition) is 3. The predicted octanol–water partition coefficient (Wildman–Crippen LogP) is 1.60. The summed E-state index contributed by atoms with van der Waals surface area (Å²) in [6.07, 6.45) is 1.59. The van der Waals surface area contributed by atoms with E-state index in [4.69, 9.17) is 16.3 Å². The quantitative estimate of drug-likeness (QED) is 0.360. The maximum Gasteiger partial charge on any atom is 0.181 e. The van der Waals surface area contributed by atoms with Gasteiger partial charge in [-0.15, -0.1) is 0 Å². The Balaban J connectivity index is 1.83. The average Bonchev–Trinajstić information content (AvgIpc) is 2.40. The van der Waals surface area contributed by atoms with Gasteiger partial charge in [0.25, 0.3) is 0 Å². The molecule has 4 nitrogen and oxygen atoms in total. The van der Waals surface area contributed by atoms with Gasteiger partial charge in [0, 0.05) is 23.7 Å². The third kappa shape index (κ3) is 4.29. The van der Waals surface area contributed by atoms with Crippen LogP contribution in [0.15, 0.2) is 24.3 Å². The van der Waals surface area contributed by atoms with Gasteiger partial charge in [0.15, 0.2) is 12.8 Å². The van der Waals surface area contributed by atoms with E-state index in [1.54, 1.807) is 18.3 Å². The van der Waals surface area contributed by atoms with E-state index >= 15 is 0 Å². The lowest BCUT2D eigenvalue weighted by Crippen LogP contribution is -2.39. The third-order valence-electron chi connectivity index (χ3n) is 2.90. The molecule has 0 aromatic heterocycles. The molecule has 1 aliphatic rings. The van der Waals surface area contributed by atoms with Crippen LogP contribution in [0.2, 0.25) is 5.02 Å². The topological polar surface area (TPSA) is 38.5 Å². The van der Waals surface area contributed by atoms with Gasteiger partial charge >= 0.3 is 0 Å². The second-order valence-corrected chi connectivity index (χ2v) is 4.71. The summed E-state index contributed by atoms with van der Waals surface area (Å²) in [4.78, 5) is 2.24. The molecule has 1 fully saturated rings. The Morgan fingerprint density at radius 2 is 1.94 bits per heavy atom. The fourth-order valence-corrected chi connectivity index (χ4v) is 1.97. The van der Waals surface area contributed by atoms with Crippen molar-refractivity contribution in [1.29, 1.82) is 0 Å². The van der Waals surface area contributed by atoms with Crippen molar-refractivity contribution in [1.82, 2.24) is 4.90 Å². The molecule has 0 radical (unpaired) electrons. The van der Waals surface area contributed by atoms with Crippen molar-refractivity contribution in [2.45, 2.75) is 0 Å². The highest BCUT2D eigenvalue weighted by Gasteiger charge is 2.11. The van der Waals surface area contributed by atoms with Crippen molar-refractivity contribution < 1.29 is 9.48 Å². The molecule has 0 bridgehead atoms. The third-order valence-corrected chi connectivity index (χ3v) is 3.16. The van der Waals surface area contributed by atoms with Gasteiger partial charge in [0.1, 0.15) is 0 Å². The summed E-state index contributed by atoms with van der Waals surface area (Å²) in [7, 11) is 0. The van der Waals surface area contributed by atoms with E-state index in [1.165, 1.54) is 0 Å². The number of nitrogens with zero attached hydrogens (tertiary/aromatic N) is 2. The van der Waals surface area contributed by atoms with Crippen LogP contribution in [0, 0.1) is 5.21 Å². The molecule has 0 atom stereocenters. The first kappa shape index (κ1) is 13.3. The first-order valence-electron chi connectivity index (χ1n) is 6.08. The zero-order chi connectivity index (χ0) is 12.8. The smallest absolute Gasteiger partial charge is 0.181 e. The van der Waals surface area contributed by atoms with Gasteiger partial charge in [-0.25, -0.2) is 4.74 Å². The molecule has 2 rings (SSSR count). The molecule has 0 unspecified atom stereocenters. The number of morpholine rings is 1. The molecule has 1 aromatic carbocycles. The maximum atomic E-state index is 11.7. The van der Waals surface area contributed by atoms with Crippen LogP contribution in [0.3, 0.4) is 0 Å². The number of hydroxylamine groups is 1. The first-order chi connectivity index (χ1) is 8.74. The first-order valence-corrected chi connectivity index (χ1v) is 6.46. The Kier molecular flexibility index (Phi) is 4.99. The monoisotopic (exact) mass is 268 g/mol. The predicted molar refractivity (Wildman–Crippen MR) is 72.4 cm³/mol. The van der Waals surface area contributed by atoms with Crippen molar-refractivity contribution >= 4 is 17.8 Å². The number of ether oxygens (including phenoxy) is 1. The summed E-state index contributed by atoms with van der Waals surface area (Å²) in [5.74, 6) is 0. The van der Waals surface area contributed by atoms with E-state index in [0.29, 0.717) is 11.6 Å². The Bertz CT molecular complexity index is 400. The van der Waals surface area contributed by atoms with Crippen LogP contribution in [0.5, 0.6) is 0 Å². The van der Waals surface area contributed by atoms with E-state index in [-0.39, 0.29) is 0 Å². The van der Waals surface area contributed by atoms with Crippen molar-refractivity contribution in [3.05, 3.63) is 40.1 Å². The SMILES string of the molecule is [O-][N+](=Cc1ccc(Cl)cc1)CCN1CCOCC1. The highest BCUT2D eigenvalue weighted by molar-refractivity contribution is 6.30. The molecule has 5 heteroatoms. The summed E-state index contributed by atoms with van der Waals surface area (Å²) >= 11 is 5.79. The summed E-state index contributed by atoms with van der Waals surface area (Å²) in [5.41, 5.74) is 0.872. The van der Waals surface area contributed by atoms with Crippen molar-refractivity contribution in [3.8, 4) is 0 Å². The summed E-state index contributed by atoms with van der Waals surface area (Å²) in [6.45, 7) is 4.60. The molecule has 1 aliphatic heterocycles. The summed E-state index contributed by atoms with van der Waals surface area (Å²) < 4.78 is 6.23. The lowest BCUT2D eigenvalue weighted by molar-refractivity contribution is -0.453. The van der Waals surface area contributed by atoms with E-state index in [2.05, 4.69) is 4.90 Å². The normalized spacial score (nSPS) is 17.9. The van der Waals surface area contributed by atoms with Crippen LogP contribution in [0.1, 0.15) is 5.56 Å². The van der Waals surface area contributed by atoms with Crippen LogP contribution >= 0.6 is 11.6 Å². The van der Waals surface area contributed by atoms with Crippen molar-refractivity contribution in [2.75, 3.05) is 39.4 Å². The van der Waals surface area contributed by atoms with Gasteiger partial charge in [-0.05, 0) is 24.3 Å². The van der Waals surface area contributed by atoms with Crippen LogP contribution in [-0.4, -0.2) is 55.2 Å². The van der Waals surface area contributed by atoms with E-state index in [9.17, 15) is 5.21 Å². The number of benzene rings is 1. The second kappa shape index (κ2) is 6.73.